The van der Waals surface area contributed by atoms with Crippen molar-refractivity contribution in [3.05, 3.63) is 23.3 Å². The Bertz CT molecular complexity index is 478. The molecular formula is C13H16N2O3. The van der Waals surface area contributed by atoms with Gasteiger partial charge in [0.2, 0.25) is 5.91 Å². The average molecular weight is 248 g/mol. The van der Waals surface area contributed by atoms with Crippen molar-refractivity contribution in [2.24, 2.45) is 0 Å². The molecule has 0 aliphatic carbocycles. The third-order valence-corrected chi connectivity index (χ3v) is 2.51. The number of ether oxygens (including phenoxy) is 2. The van der Waals surface area contributed by atoms with E-state index in [-0.39, 0.29) is 18.9 Å². The van der Waals surface area contributed by atoms with Crippen LogP contribution >= 0.6 is 0 Å². The normalized spacial score (nSPS) is 9.44. The molecule has 0 bridgehead atoms. The molecule has 1 amide bonds. The van der Waals surface area contributed by atoms with Crippen molar-refractivity contribution >= 4 is 5.91 Å². The van der Waals surface area contributed by atoms with Crippen LogP contribution in [0.4, 0.5) is 0 Å². The molecule has 5 nitrogen and oxygen atoms in total. The molecule has 5 heteroatoms. The highest BCUT2D eigenvalue weighted by molar-refractivity contribution is 5.79. The van der Waals surface area contributed by atoms with Crippen LogP contribution in [0.25, 0.3) is 0 Å². The molecule has 0 radical (unpaired) electrons. The summed E-state index contributed by atoms with van der Waals surface area (Å²) >= 11 is 0. The fourth-order valence-corrected chi connectivity index (χ4v) is 1.63. The van der Waals surface area contributed by atoms with Crippen LogP contribution in [0.5, 0.6) is 11.5 Å². The van der Waals surface area contributed by atoms with Crippen molar-refractivity contribution in [2.45, 2.75) is 13.3 Å². The van der Waals surface area contributed by atoms with Crippen LogP contribution in [0, 0.1) is 18.3 Å². The fourth-order valence-electron chi connectivity index (χ4n) is 1.63. The molecule has 0 aliphatic heterocycles. The van der Waals surface area contributed by atoms with E-state index >= 15 is 0 Å². The molecule has 0 aliphatic rings. The Hall–Kier alpha value is -2.22. The Morgan fingerprint density at radius 3 is 2.56 bits per heavy atom. The second-order valence-electron chi connectivity index (χ2n) is 3.75. The average Bonchev–Trinajstić information content (AvgIpc) is 2.37. The molecule has 18 heavy (non-hydrogen) atoms. The number of carbonyl (C=O) groups is 1. The second kappa shape index (κ2) is 6.50. The van der Waals surface area contributed by atoms with E-state index in [1.807, 2.05) is 19.1 Å². The maximum atomic E-state index is 11.6. The van der Waals surface area contributed by atoms with Gasteiger partial charge in [-0.3, -0.25) is 4.79 Å². The Balaban J connectivity index is 2.93. The SMILES string of the molecule is COc1cc(CC(=O)NCC#N)c(OC)cc1C. The molecule has 0 fully saturated rings. The third kappa shape index (κ3) is 3.39. The third-order valence-electron chi connectivity index (χ3n) is 2.51. The van der Waals surface area contributed by atoms with Gasteiger partial charge in [0, 0.05) is 5.56 Å². The van der Waals surface area contributed by atoms with Gasteiger partial charge in [-0.1, -0.05) is 0 Å². The standard InChI is InChI=1S/C13H16N2O3/c1-9-6-12(18-3)10(7-11(9)17-2)8-13(16)15-5-4-14/h6-7H,5,8H2,1-3H3,(H,15,16). The van der Waals surface area contributed by atoms with E-state index in [1.54, 1.807) is 20.3 Å². The first-order valence-electron chi connectivity index (χ1n) is 5.47. The first-order chi connectivity index (χ1) is 8.62. The number of nitriles is 1. The van der Waals surface area contributed by atoms with Crippen LogP contribution in [0.1, 0.15) is 11.1 Å². The van der Waals surface area contributed by atoms with Gasteiger partial charge in [-0.2, -0.15) is 5.26 Å². The van der Waals surface area contributed by atoms with Crippen LogP contribution in [0.15, 0.2) is 12.1 Å². The molecule has 0 saturated carbocycles. The topological polar surface area (TPSA) is 71.3 Å². The number of benzene rings is 1. The summed E-state index contributed by atoms with van der Waals surface area (Å²) in [5, 5.41) is 10.9. The lowest BCUT2D eigenvalue weighted by Gasteiger charge is -2.12. The predicted molar refractivity (Wildman–Crippen MR) is 66.6 cm³/mol. The van der Waals surface area contributed by atoms with Crippen LogP contribution < -0.4 is 14.8 Å². The number of hydrogen-bond acceptors (Lipinski definition) is 4. The summed E-state index contributed by atoms with van der Waals surface area (Å²) < 4.78 is 10.4. The van der Waals surface area contributed by atoms with Crippen molar-refractivity contribution in [1.82, 2.24) is 5.32 Å². The van der Waals surface area contributed by atoms with E-state index in [0.717, 1.165) is 11.1 Å². The van der Waals surface area contributed by atoms with Crippen molar-refractivity contribution in [1.29, 1.82) is 5.26 Å². The molecule has 0 unspecified atom stereocenters. The number of methoxy groups -OCH3 is 2. The van der Waals surface area contributed by atoms with E-state index in [0.29, 0.717) is 11.5 Å². The Morgan fingerprint density at radius 2 is 2.00 bits per heavy atom. The smallest absolute Gasteiger partial charge is 0.225 e. The van der Waals surface area contributed by atoms with E-state index in [4.69, 9.17) is 14.7 Å². The largest absolute Gasteiger partial charge is 0.496 e. The van der Waals surface area contributed by atoms with Gasteiger partial charge < -0.3 is 14.8 Å². The minimum absolute atomic E-state index is 0.00411. The molecule has 0 atom stereocenters. The molecule has 1 aromatic rings. The van der Waals surface area contributed by atoms with Gasteiger partial charge >= 0.3 is 0 Å². The van der Waals surface area contributed by atoms with E-state index in [1.165, 1.54) is 0 Å². The Labute approximate surface area is 106 Å². The van der Waals surface area contributed by atoms with Crippen molar-refractivity contribution in [3.63, 3.8) is 0 Å². The zero-order valence-corrected chi connectivity index (χ0v) is 10.7. The van der Waals surface area contributed by atoms with Gasteiger partial charge in [0.15, 0.2) is 0 Å². The highest BCUT2D eigenvalue weighted by Crippen LogP contribution is 2.28. The number of amides is 1. The van der Waals surface area contributed by atoms with Gasteiger partial charge in [0.1, 0.15) is 18.0 Å². The quantitative estimate of drug-likeness (QED) is 0.795. The molecule has 1 rings (SSSR count). The number of aryl methyl sites for hydroxylation is 1. The fraction of sp³-hybridized carbons (Fsp3) is 0.385. The van der Waals surface area contributed by atoms with Crippen LogP contribution in [-0.2, 0) is 11.2 Å². The molecule has 0 aromatic heterocycles. The van der Waals surface area contributed by atoms with E-state index < -0.39 is 0 Å². The van der Waals surface area contributed by atoms with Gasteiger partial charge in [-0.05, 0) is 24.6 Å². The van der Waals surface area contributed by atoms with Crippen molar-refractivity contribution in [2.75, 3.05) is 20.8 Å². The molecule has 1 aromatic carbocycles. The highest BCUT2D eigenvalue weighted by Gasteiger charge is 2.12. The summed E-state index contributed by atoms with van der Waals surface area (Å²) in [6.45, 7) is 1.91. The van der Waals surface area contributed by atoms with Gasteiger partial charge in [0.25, 0.3) is 0 Å². The van der Waals surface area contributed by atoms with Crippen LogP contribution in [-0.4, -0.2) is 26.7 Å². The summed E-state index contributed by atoms with van der Waals surface area (Å²) in [6, 6.07) is 5.46. The lowest BCUT2D eigenvalue weighted by atomic mass is 10.1. The molecule has 0 saturated heterocycles. The minimum Gasteiger partial charge on any atom is -0.496 e. The summed E-state index contributed by atoms with van der Waals surface area (Å²) in [6.07, 6.45) is 0.154. The summed E-state index contributed by atoms with van der Waals surface area (Å²) in [5.41, 5.74) is 1.67. The number of rotatable bonds is 5. The summed E-state index contributed by atoms with van der Waals surface area (Å²) in [4.78, 5) is 11.6. The van der Waals surface area contributed by atoms with E-state index in [9.17, 15) is 4.79 Å². The monoisotopic (exact) mass is 248 g/mol. The maximum Gasteiger partial charge on any atom is 0.225 e. The second-order valence-corrected chi connectivity index (χ2v) is 3.75. The van der Waals surface area contributed by atoms with Crippen molar-refractivity contribution in [3.8, 4) is 17.6 Å². The molecule has 96 valence electrons. The highest BCUT2D eigenvalue weighted by atomic mass is 16.5. The first-order valence-corrected chi connectivity index (χ1v) is 5.47. The first kappa shape index (κ1) is 13.8. The van der Waals surface area contributed by atoms with Crippen LogP contribution in [0.3, 0.4) is 0 Å². The predicted octanol–water partition coefficient (Wildman–Crippen LogP) is 1.19. The van der Waals surface area contributed by atoms with Gasteiger partial charge in [-0.25, -0.2) is 0 Å². The Morgan fingerprint density at radius 1 is 1.33 bits per heavy atom. The van der Waals surface area contributed by atoms with Gasteiger partial charge in [0.05, 0.1) is 26.7 Å². The molecule has 0 heterocycles. The number of nitrogens with zero attached hydrogens (tertiary/aromatic N) is 1. The Kier molecular flexibility index (Phi) is 5.00. The summed E-state index contributed by atoms with van der Waals surface area (Å²) in [5.74, 6) is 1.13. The zero-order valence-electron chi connectivity index (χ0n) is 10.7. The van der Waals surface area contributed by atoms with Crippen molar-refractivity contribution < 1.29 is 14.3 Å². The number of nitrogens with one attached hydrogen (secondary N) is 1. The molecule has 1 N–H and O–H groups in total. The lowest BCUT2D eigenvalue weighted by Crippen LogP contribution is -2.25. The lowest BCUT2D eigenvalue weighted by molar-refractivity contribution is -0.120. The van der Waals surface area contributed by atoms with Gasteiger partial charge in [-0.15, -0.1) is 0 Å². The van der Waals surface area contributed by atoms with E-state index in [2.05, 4.69) is 5.32 Å². The molecule has 0 spiro atoms. The summed E-state index contributed by atoms with van der Waals surface area (Å²) in [7, 11) is 3.13. The van der Waals surface area contributed by atoms with Crippen LogP contribution in [0.2, 0.25) is 0 Å². The zero-order chi connectivity index (χ0) is 13.5. The molecular weight excluding hydrogens is 232 g/mol. The maximum absolute atomic E-state index is 11.6. The number of carbonyl (C=O) groups excluding carboxylic acids is 1. The minimum atomic E-state index is -0.222. The number of hydrogen-bond donors (Lipinski definition) is 1.